The van der Waals surface area contributed by atoms with Crippen molar-refractivity contribution in [3.8, 4) is 0 Å². The molecule has 0 saturated carbocycles. The topological polar surface area (TPSA) is 66.4 Å². The molecule has 1 saturated heterocycles. The van der Waals surface area contributed by atoms with Gasteiger partial charge < -0.3 is 9.88 Å². The first kappa shape index (κ1) is 13.8. The van der Waals surface area contributed by atoms with E-state index >= 15 is 0 Å². The fraction of sp³-hybridized carbons (Fsp3) is 0.538. The minimum atomic E-state index is -0.342. The van der Waals surface area contributed by atoms with Gasteiger partial charge in [0.05, 0.1) is 6.54 Å². The molecular weight excluding hydrogens is 244 g/mol. The van der Waals surface area contributed by atoms with Gasteiger partial charge >= 0.3 is 0 Å². The highest BCUT2D eigenvalue weighted by molar-refractivity contribution is 6.04. The van der Waals surface area contributed by atoms with Crippen LogP contribution < -0.4 is 10.6 Å². The number of carbonyl (C=O) groups excluding carboxylic acids is 2. The maximum atomic E-state index is 11.9. The number of aromatic nitrogens is 1. The predicted octanol–water partition coefficient (Wildman–Crippen LogP) is -0.423. The van der Waals surface area contributed by atoms with E-state index in [9.17, 15) is 9.59 Å². The molecule has 0 aliphatic carbocycles. The lowest BCUT2D eigenvalue weighted by Crippen LogP contribution is -2.41. The van der Waals surface area contributed by atoms with Gasteiger partial charge in [-0.3, -0.25) is 19.8 Å². The Morgan fingerprint density at radius 3 is 2.95 bits per heavy atom. The van der Waals surface area contributed by atoms with E-state index < -0.39 is 0 Å². The number of amides is 2. The normalized spacial score (nSPS) is 16.9. The second-order valence-corrected chi connectivity index (χ2v) is 4.76. The Labute approximate surface area is 112 Å². The molecule has 1 aromatic heterocycles. The van der Waals surface area contributed by atoms with Crippen LogP contribution >= 0.6 is 0 Å². The molecule has 0 aromatic carbocycles. The lowest BCUT2D eigenvalue weighted by atomic mass is 10.3. The summed E-state index contributed by atoms with van der Waals surface area (Å²) in [6.07, 6.45) is 2.80. The Bertz CT molecular complexity index is 447. The van der Waals surface area contributed by atoms with E-state index in [0.717, 1.165) is 32.6 Å². The smallest absolute Gasteiger partial charge is 0.274 e. The van der Waals surface area contributed by atoms with Crippen molar-refractivity contribution in [2.45, 2.75) is 6.42 Å². The maximum absolute atomic E-state index is 11.9. The number of nitrogens with zero attached hydrogens (tertiary/aromatic N) is 2. The summed E-state index contributed by atoms with van der Waals surface area (Å²) in [6, 6.07) is 3.47. The molecule has 0 atom stereocenters. The van der Waals surface area contributed by atoms with E-state index in [2.05, 4.69) is 15.5 Å². The van der Waals surface area contributed by atoms with Crippen LogP contribution in [0.2, 0.25) is 0 Å². The molecule has 104 valence electrons. The highest BCUT2D eigenvalue weighted by Crippen LogP contribution is 1.99. The van der Waals surface area contributed by atoms with Crippen molar-refractivity contribution in [3.05, 3.63) is 24.0 Å². The summed E-state index contributed by atoms with van der Waals surface area (Å²) in [5.41, 5.74) is 0.492. The van der Waals surface area contributed by atoms with Crippen LogP contribution in [0.3, 0.4) is 0 Å². The van der Waals surface area contributed by atoms with Gasteiger partial charge in [-0.15, -0.1) is 0 Å². The van der Waals surface area contributed by atoms with E-state index in [1.165, 1.54) is 0 Å². The molecule has 0 unspecified atom stereocenters. The molecule has 2 heterocycles. The number of nitrogens with one attached hydrogen (secondary N) is 2. The Hall–Kier alpha value is -1.66. The van der Waals surface area contributed by atoms with E-state index in [0.29, 0.717) is 5.69 Å². The number of hydrogen-bond acceptors (Lipinski definition) is 4. The molecule has 2 amide bonds. The van der Waals surface area contributed by atoms with Crippen molar-refractivity contribution in [2.75, 3.05) is 32.7 Å². The van der Waals surface area contributed by atoms with Gasteiger partial charge in [-0.05, 0) is 31.6 Å². The van der Waals surface area contributed by atoms with Crippen LogP contribution in [0.15, 0.2) is 18.3 Å². The zero-order chi connectivity index (χ0) is 13.7. The summed E-state index contributed by atoms with van der Waals surface area (Å²) in [7, 11) is 1.78. The third-order valence-corrected chi connectivity index (χ3v) is 3.23. The molecule has 0 spiro atoms. The Kier molecular flexibility index (Phi) is 4.70. The summed E-state index contributed by atoms with van der Waals surface area (Å²) >= 11 is 0. The molecular formula is C13H20N4O2. The first-order valence-corrected chi connectivity index (χ1v) is 6.55. The fourth-order valence-corrected chi connectivity index (χ4v) is 2.19. The van der Waals surface area contributed by atoms with E-state index in [1.54, 1.807) is 29.9 Å². The van der Waals surface area contributed by atoms with Gasteiger partial charge in [0.2, 0.25) is 5.91 Å². The summed E-state index contributed by atoms with van der Waals surface area (Å²) in [5, 5.41) is 5.71. The lowest BCUT2D eigenvalue weighted by molar-refractivity contribution is -0.121. The Morgan fingerprint density at radius 2 is 2.21 bits per heavy atom. The molecule has 2 N–H and O–H groups in total. The van der Waals surface area contributed by atoms with E-state index in [4.69, 9.17) is 0 Å². The highest BCUT2D eigenvalue weighted by Gasteiger charge is 2.16. The van der Waals surface area contributed by atoms with Gasteiger partial charge in [-0.2, -0.15) is 0 Å². The summed E-state index contributed by atoms with van der Waals surface area (Å²) in [6.45, 7) is 3.88. The molecule has 1 aromatic rings. The molecule has 6 nitrogen and oxygen atoms in total. The van der Waals surface area contributed by atoms with Crippen molar-refractivity contribution < 1.29 is 9.59 Å². The fourth-order valence-electron chi connectivity index (χ4n) is 2.19. The van der Waals surface area contributed by atoms with Gasteiger partial charge in [0, 0.05) is 26.3 Å². The van der Waals surface area contributed by atoms with Crippen LogP contribution in [-0.4, -0.2) is 54.0 Å². The molecule has 19 heavy (non-hydrogen) atoms. The number of aryl methyl sites for hydroxylation is 1. The highest BCUT2D eigenvalue weighted by atomic mass is 16.2. The van der Waals surface area contributed by atoms with E-state index in [-0.39, 0.29) is 18.4 Å². The molecule has 6 heteroatoms. The van der Waals surface area contributed by atoms with Crippen molar-refractivity contribution in [1.82, 2.24) is 20.1 Å². The number of rotatable bonds is 3. The zero-order valence-corrected chi connectivity index (χ0v) is 11.2. The Balaban J connectivity index is 1.83. The van der Waals surface area contributed by atoms with Crippen molar-refractivity contribution >= 4 is 11.8 Å². The van der Waals surface area contributed by atoms with Crippen molar-refractivity contribution in [1.29, 1.82) is 0 Å². The third kappa shape index (κ3) is 3.90. The van der Waals surface area contributed by atoms with Crippen LogP contribution in [0.4, 0.5) is 0 Å². The standard InChI is InChI=1S/C13H20N4O2/c1-16-7-2-4-11(16)13(19)15-12(18)10-17-8-3-5-14-6-9-17/h2,4,7,14H,3,5-6,8-10H2,1H3,(H,15,18,19). The average Bonchev–Trinajstić information content (AvgIpc) is 2.63. The quantitative estimate of drug-likeness (QED) is 0.778. The van der Waals surface area contributed by atoms with Crippen LogP contribution in [0.25, 0.3) is 0 Å². The van der Waals surface area contributed by atoms with Crippen LogP contribution in [-0.2, 0) is 11.8 Å². The summed E-state index contributed by atoms with van der Waals surface area (Å²) in [5.74, 6) is -0.585. The summed E-state index contributed by atoms with van der Waals surface area (Å²) in [4.78, 5) is 25.8. The monoisotopic (exact) mass is 264 g/mol. The second-order valence-electron chi connectivity index (χ2n) is 4.76. The molecule has 1 aliphatic rings. The van der Waals surface area contributed by atoms with Crippen molar-refractivity contribution in [3.63, 3.8) is 0 Å². The first-order chi connectivity index (χ1) is 9.16. The number of imide groups is 1. The minimum absolute atomic E-state index is 0.242. The predicted molar refractivity (Wildman–Crippen MR) is 71.8 cm³/mol. The average molecular weight is 264 g/mol. The Morgan fingerprint density at radius 1 is 1.37 bits per heavy atom. The molecule has 0 bridgehead atoms. The summed E-state index contributed by atoms with van der Waals surface area (Å²) < 4.78 is 1.69. The van der Waals surface area contributed by atoms with Crippen LogP contribution in [0.5, 0.6) is 0 Å². The second kappa shape index (κ2) is 6.49. The van der Waals surface area contributed by atoms with Gasteiger partial charge in [0.25, 0.3) is 5.91 Å². The number of hydrogen-bond donors (Lipinski definition) is 2. The van der Waals surface area contributed by atoms with Crippen molar-refractivity contribution in [2.24, 2.45) is 7.05 Å². The lowest BCUT2D eigenvalue weighted by Gasteiger charge is -2.18. The van der Waals surface area contributed by atoms with Gasteiger partial charge in [-0.25, -0.2) is 0 Å². The third-order valence-electron chi connectivity index (χ3n) is 3.23. The SMILES string of the molecule is Cn1cccc1C(=O)NC(=O)CN1CCCNCC1. The maximum Gasteiger partial charge on any atom is 0.274 e. The molecule has 0 radical (unpaired) electrons. The van der Waals surface area contributed by atoms with E-state index in [1.807, 2.05) is 0 Å². The van der Waals surface area contributed by atoms with Crippen LogP contribution in [0, 0.1) is 0 Å². The number of carbonyl (C=O) groups is 2. The molecule has 1 aliphatic heterocycles. The van der Waals surface area contributed by atoms with Crippen LogP contribution in [0.1, 0.15) is 16.9 Å². The largest absolute Gasteiger partial charge is 0.347 e. The zero-order valence-electron chi connectivity index (χ0n) is 11.2. The van der Waals surface area contributed by atoms with Gasteiger partial charge in [0.1, 0.15) is 5.69 Å². The minimum Gasteiger partial charge on any atom is -0.347 e. The molecule has 1 fully saturated rings. The first-order valence-electron chi connectivity index (χ1n) is 6.55. The van der Waals surface area contributed by atoms with Gasteiger partial charge in [0.15, 0.2) is 0 Å². The van der Waals surface area contributed by atoms with Gasteiger partial charge in [-0.1, -0.05) is 0 Å². The molecule has 2 rings (SSSR count).